The van der Waals surface area contributed by atoms with E-state index in [1.807, 2.05) is 30.3 Å². The Morgan fingerprint density at radius 1 is 1.15 bits per heavy atom. The Kier molecular flexibility index (Phi) is 7.47. The average Bonchev–Trinajstić information content (AvgIpc) is 2.65. The summed E-state index contributed by atoms with van der Waals surface area (Å²) >= 11 is 0. The summed E-state index contributed by atoms with van der Waals surface area (Å²) in [6.07, 6.45) is 1.15. The predicted molar refractivity (Wildman–Crippen MR) is 98.8 cm³/mol. The second kappa shape index (κ2) is 10.1. The van der Waals surface area contributed by atoms with Gasteiger partial charge in [-0.05, 0) is 41.8 Å². The van der Waals surface area contributed by atoms with E-state index in [4.69, 9.17) is 20.5 Å². The van der Waals surface area contributed by atoms with Crippen molar-refractivity contribution < 1.29 is 14.3 Å². The lowest BCUT2D eigenvalue weighted by atomic mass is 10.1. The maximum atomic E-state index is 11.2. The Balaban J connectivity index is 1.93. The molecule has 0 saturated heterocycles. The summed E-state index contributed by atoms with van der Waals surface area (Å²) in [6, 6.07) is 15.1. The monoisotopic (exact) mass is 353 g/mol. The first-order valence-corrected chi connectivity index (χ1v) is 8.40. The molecule has 0 saturated carbocycles. The number of rotatable bonds is 10. The maximum Gasteiger partial charge on any atom is 0.248 e. The maximum absolute atomic E-state index is 11.2. The van der Waals surface area contributed by atoms with E-state index in [2.05, 4.69) is 11.4 Å². The van der Waals surface area contributed by atoms with E-state index in [1.165, 1.54) is 0 Å². The van der Waals surface area contributed by atoms with Crippen molar-refractivity contribution >= 4 is 5.91 Å². The van der Waals surface area contributed by atoms with E-state index >= 15 is 0 Å². The molecule has 1 amide bonds. The van der Waals surface area contributed by atoms with Crippen LogP contribution in [0.1, 0.15) is 34.3 Å². The fourth-order valence-corrected chi connectivity index (χ4v) is 2.46. The van der Waals surface area contributed by atoms with E-state index in [0.717, 1.165) is 11.1 Å². The van der Waals surface area contributed by atoms with E-state index < -0.39 is 5.91 Å². The minimum absolute atomic E-state index is 0.430. The Hall–Kier alpha value is -3.04. The Morgan fingerprint density at radius 2 is 1.92 bits per heavy atom. The first-order valence-electron chi connectivity index (χ1n) is 8.40. The molecule has 0 aromatic heterocycles. The normalized spacial score (nSPS) is 10.2. The van der Waals surface area contributed by atoms with Gasteiger partial charge >= 0.3 is 0 Å². The van der Waals surface area contributed by atoms with Crippen molar-refractivity contribution in [2.45, 2.75) is 25.9 Å². The van der Waals surface area contributed by atoms with Crippen LogP contribution in [0.15, 0.2) is 42.5 Å². The number of carbonyl (C=O) groups excluding carboxylic acids is 1. The number of benzene rings is 2. The molecule has 2 aromatic rings. The fourth-order valence-electron chi connectivity index (χ4n) is 2.46. The van der Waals surface area contributed by atoms with E-state index in [9.17, 15) is 4.79 Å². The molecule has 0 aliphatic rings. The zero-order valence-corrected chi connectivity index (χ0v) is 14.8. The summed E-state index contributed by atoms with van der Waals surface area (Å²) < 4.78 is 11.0. The number of nitrogens with zero attached hydrogens (tertiary/aromatic N) is 1. The summed E-state index contributed by atoms with van der Waals surface area (Å²) in [5, 5.41) is 11.9. The zero-order valence-electron chi connectivity index (χ0n) is 14.8. The average molecular weight is 353 g/mol. The molecule has 0 bridgehead atoms. The summed E-state index contributed by atoms with van der Waals surface area (Å²) in [6.45, 7) is 1.73. The van der Waals surface area contributed by atoms with Crippen LogP contribution in [0.4, 0.5) is 0 Å². The lowest BCUT2D eigenvalue weighted by Crippen LogP contribution is -2.15. The van der Waals surface area contributed by atoms with Gasteiger partial charge in [-0.1, -0.05) is 18.2 Å². The number of nitriles is 1. The standard InChI is InChI=1S/C20H23N3O3/c1-25-18-8-7-16(12-19(18)26-10-3-2-9-21)14-23-13-15-5-4-6-17(11-15)20(22)24/h4-8,11-12,23H,2-3,10,13-14H2,1H3,(H2,22,24). The Labute approximate surface area is 153 Å². The molecule has 0 spiro atoms. The second-order valence-corrected chi connectivity index (χ2v) is 5.76. The van der Waals surface area contributed by atoms with Gasteiger partial charge in [0.1, 0.15) is 0 Å². The van der Waals surface area contributed by atoms with Crippen LogP contribution in [0.3, 0.4) is 0 Å². The molecule has 0 atom stereocenters. The van der Waals surface area contributed by atoms with Crippen LogP contribution in [-0.2, 0) is 13.1 Å². The minimum Gasteiger partial charge on any atom is -0.493 e. The number of nitrogens with one attached hydrogen (secondary N) is 1. The van der Waals surface area contributed by atoms with Gasteiger partial charge in [-0.25, -0.2) is 0 Å². The third-order valence-electron chi connectivity index (χ3n) is 3.79. The van der Waals surface area contributed by atoms with Crippen molar-refractivity contribution in [1.82, 2.24) is 5.32 Å². The second-order valence-electron chi connectivity index (χ2n) is 5.76. The SMILES string of the molecule is COc1ccc(CNCc2cccc(C(N)=O)c2)cc1OCCCC#N. The highest BCUT2D eigenvalue weighted by Crippen LogP contribution is 2.28. The first-order chi connectivity index (χ1) is 12.6. The highest BCUT2D eigenvalue weighted by Gasteiger charge is 2.06. The van der Waals surface area contributed by atoms with Crippen molar-refractivity contribution in [3.05, 3.63) is 59.2 Å². The Morgan fingerprint density at radius 3 is 2.62 bits per heavy atom. The number of hydrogen-bond acceptors (Lipinski definition) is 5. The minimum atomic E-state index is -0.430. The molecule has 6 heteroatoms. The molecule has 26 heavy (non-hydrogen) atoms. The topological polar surface area (TPSA) is 97.4 Å². The molecule has 3 N–H and O–H groups in total. The van der Waals surface area contributed by atoms with Gasteiger partial charge < -0.3 is 20.5 Å². The highest BCUT2D eigenvalue weighted by molar-refractivity contribution is 5.92. The quantitative estimate of drug-likeness (QED) is 0.640. The molecule has 136 valence electrons. The van der Waals surface area contributed by atoms with Gasteiger partial charge in [-0.15, -0.1) is 0 Å². The van der Waals surface area contributed by atoms with Crippen LogP contribution < -0.4 is 20.5 Å². The molecule has 2 rings (SSSR count). The fraction of sp³-hybridized carbons (Fsp3) is 0.300. The first kappa shape index (κ1) is 19.3. The van der Waals surface area contributed by atoms with E-state index in [-0.39, 0.29) is 0 Å². The van der Waals surface area contributed by atoms with Crippen molar-refractivity contribution in [2.75, 3.05) is 13.7 Å². The molecule has 0 aliphatic carbocycles. The Bertz CT molecular complexity index is 784. The molecular formula is C20H23N3O3. The van der Waals surface area contributed by atoms with Gasteiger partial charge in [0.2, 0.25) is 5.91 Å². The molecule has 0 radical (unpaired) electrons. The third kappa shape index (κ3) is 5.80. The van der Waals surface area contributed by atoms with Crippen molar-refractivity contribution in [2.24, 2.45) is 5.73 Å². The van der Waals surface area contributed by atoms with Gasteiger partial charge in [-0.3, -0.25) is 4.79 Å². The summed E-state index contributed by atoms with van der Waals surface area (Å²) in [5.41, 5.74) is 7.84. The number of amides is 1. The van der Waals surface area contributed by atoms with Crippen molar-refractivity contribution in [1.29, 1.82) is 5.26 Å². The lowest BCUT2D eigenvalue weighted by Gasteiger charge is -2.12. The van der Waals surface area contributed by atoms with Crippen LogP contribution >= 0.6 is 0 Å². The molecule has 0 unspecified atom stereocenters. The van der Waals surface area contributed by atoms with E-state index in [1.54, 1.807) is 19.2 Å². The van der Waals surface area contributed by atoms with Crippen LogP contribution in [0.25, 0.3) is 0 Å². The number of hydrogen-bond donors (Lipinski definition) is 2. The number of methoxy groups -OCH3 is 1. The van der Waals surface area contributed by atoms with Gasteiger partial charge in [0.25, 0.3) is 0 Å². The number of ether oxygens (including phenoxy) is 2. The summed E-state index contributed by atoms with van der Waals surface area (Å²) in [7, 11) is 1.60. The zero-order chi connectivity index (χ0) is 18.8. The molecule has 0 heterocycles. The highest BCUT2D eigenvalue weighted by atomic mass is 16.5. The van der Waals surface area contributed by atoms with E-state index in [0.29, 0.717) is 49.6 Å². The molecule has 2 aromatic carbocycles. The molecule has 6 nitrogen and oxygen atoms in total. The van der Waals surface area contributed by atoms with Crippen LogP contribution in [0, 0.1) is 11.3 Å². The molecule has 0 aliphatic heterocycles. The largest absolute Gasteiger partial charge is 0.493 e. The van der Waals surface area contributed by atoms with Crippen LogP contribution in [0.5, 0.6) is 11.5 Å². The smallest absolute Gasteiger partial charge is 0.248 e. The number of unbranched alkanes of at least 4 members (excludes halogenated alkanes) is 1. The third-order valence-corrected chi connectivity index (χ3v) is 3.79. The summed E-state index contributed by atoms with van der Waals surface area (Å²) in [5.74, 6) is 0.903. The predicted octanol–water partition coefficient (Wildman–Crippen LogP) is 2.77. The van der Waals surface area contributed by atoms with Crippen LogP contribution in [-0.4, -0.2) is 19.6 Å². The van der Waals surface area contributed by atoms with Gasteiger partial charge in [0.05, 0.1) is 19.8 Å². The number of primary amides is 1. The molecular weight excluding hydrogens is 330 g/mol. The number of carbonyl (C=O) groups is 1. The van der Waals surface area contributed by atoms with Gasteiger partial charge in [0, 0.05) is 25.1 Å². The lowest BCUT2D eigenvalue weighted by molar-refractivity contribution is 0.1000. The van der Waals surface area contributed by atoms with Crippen LogP contribution in [0.2, 0.25) is 0 Å². The molecule has 0 fully saturated rings. The number of nitrogens with two attached hydrogens (primary N) is 1. The van der Waals surface area contributed by atoms with Crippen molar-refractivity contribution in [3.8, 4) is 17.6 Å². The van der Waals surface area contributed by atoms with Gasteiger partial charge in [-0.2, -0.15) is 5.26 Å². The van der Waals surface area contributed by atoms with Gasteiger partial charge in [0.15, 0.2) is 11.5 Å². The summed E-state index contributed by atoms with van der Waals surface area (Å²) in [4.78, 5) is 11.2. The van der Waals surface area contributed by atoms with Crippen molar-refractivity contribution in [3.63, 3.8) is 0 Å².